The van der Waals surface area contributed by atoms with Crippen molar-refractivity contribution in [2.75, 3.05) is 31.6 Å². The van der Waals surface area contributed by atoms with Gasteiger partial charge in [-0.1, -0.05) is 27.7 Å². The fourth-order valence-corrected chi connectivity index (χ4v) is 8.27. The minimum atomic E-state index is -1.39. The van der Waals surface area contributed by atoms with Crippen molar-refractivity contribution >= 4 is 71.0 Å². The average Bonchev–Trinajstić information content (AvgIpc) is 4.04. The molecule has 63 heavy (non-hydrogen) atoms. The number of hydrogen-bond donors (Lipinski definition) is 9. The topological polar surface area (TPSA) is 302 Å². The van der Waals surface area contributed by atoms with E-state index in [1.54, 1.807) is 27.7 Å². The third-order valence-electron chi connectivity index (χ3n) is 11.5. The van der Waals surface area contributed by atoms with Crippen LogP contribution in [0.15, 0.2) is 0 Å². The number of thioether (sulfide) groups is 1. The van der Waals surface area contributed by atoms with Gasteiger partial charge in [-0.05, 0) is 95.6 Å². The van der Waals surface area contributed by atoms with E-state index in [0.717, 1.165) is 6.42 Å². The zero-order valence-corrected chi connectivity index (χ0v) is 38.1. The van der Waals surface area contributed by atoms with E-state index < -0.39 is 126 Å². The van der Waals surface area contributed by atoms with Gasteiger partial charge in [-0.25, -0.2) is 4.79 Å². The number of nitrogens with one attached hydrogen (secondary N) is 7. The predicted molar refractivity (Wildman–Crippen MR) is 231 cm³/mol. The molecule has 0 bridgehead atoms. The van der Waals surface area contributed by atoms with Crippen LogP contribution < -0.4 is 37.2 Å². The molecule has 3 fully saturated rings. The molecule has 0 aromatic rings. The molecule has 0 aromatic heterocycles. The molecule has 3 aliphatic heterocycles. The van der Waals surface area contributed by atoms with Crippen LogP contribution in [0.5, 0.6) is 0 Å². The van der Waals surface area contributed by atoms with E-state index in [9.17, 15) is 58.2 Å². The van der Waals surface area contributed by atoms with Gasteiger partial charge in [0.05, 0.1) is 6.04 Å². The van der Waals surface area contributed by atoms with Gasteiger partial charge in [-0.15, -0.1) is 0 Å². The molecule has 0 unspecified atom stereocenters. The molecule has 0 spiro atoms. The second-order valence-electron chi connectivity index (χ2n) is 17.1. The Morgan fingerprint density at radius 1 is 0.603 bits per heavy atom. The van der Waals surface area contributed by atoms with Crippen LogP contribution >= 0.6 is 11.8 Å². The Hall–Kier alpha value is -4.99. The Kier molecular flexibility index (Phi) is 20.6. The van der Waals surface area contributed by atoms with Gasteiger partial charge in [0.1, 0.15) is 48.3 Å². The summed E-state index contributed by atoms with van der Waals surface area (Å²) >= 11 is 1.44. The molecule has 21 nitrogen and oxygen atoms in total. The lowest BCUT2D eigenvalue weighted by Crippen LogP contribution is -2.60. The van der Waals surface area contributed by atoms with Crippen LogP contribution in [0.3, 0.4) is 0 Å². The number of nitrogens with zero attached hydrogens (tertiary/aromatic N) is 2. The van der Waals surface area contributed by atoms with Gasteiger partial charge in [-0.2, -0.15) is 11.8 Å². The summed E-state index contributed by atoms with van der Waals surface area (Å²) in [6.07, 6.45) is 3.99. The Morgan fingerprint density at radius 3 is 1.68 bits per heavy atom. The van der Waals surface area contributed by atoms with E-state index in [2.05, 4.69) is 37.2 Å². The van der Waals surface area contributed by atoms with Gasteiger partial charge in [0.25, 0.3) is 0 Å². The summed E-state index contributed by atoms with van der Waals surface area (Å²) < 4.78 is 0. The zero-order chi connectivity index (χ0) is 47.1. The number of amides is 8. The lowest BCUT2D eigenvalue weighted by Gasteiger charge is -2.33. The standard InChI is InChI=1S/C41H67N9O12S/c1-21(2)31(40(60)50-19-10-12-28(50)37(57)45-26(16-20-63-7)36(56)48-32(22(3)4)41(61)62)47-38(58)29-13-9-18-49(29)39(59)27(14-15-30(51)52)46-34(54)24(6)43-33(53)23(5)44-35(55)25-11-8-17-42-25/h21-29,31-32,42H,8-20H2,1-7H3,(H,43,53)(H,44,55)(H,45,57)(H,46,54)(H,47,58)(H,48,56)(H,51,52)(H,61,62)/t23-,24-,25-,26-,27-,28-,29-,31-,32-/m0/s1. The summed E-state index contributed by atoms with van der Waals surface area (Å²) in [6.45, 7) is 10.5. The highest BCUT2D eigenvalue weighted by molar-refractivity contribution is 7.98. The molecule has 0 aliphatic carbocycles. The Bertz CT molecular complexity index is 1690. The van der Waals surface area contributed by atoms with Gasteiger partial charge < -0.3 is 57.2 Å². The number of rotatable bonds is 23. The zero-order valence-electron chi connectivity index (χ0n) is 37.3. The van der Waals surface area contributed by atoms with E-state index >= 15 is 0 Å². The summed E-state index contributed by atoms with van der Waals surface area (Å²) in [5.41, 5.74) is 0. The summed E-state index contributed by atoms with van der Waals surface area (Å²) in [7, 11) is 0. The molecular formula is C41H67N9O12S. The Labute approximate surface area is 372 Å². The fourth-order valence-electron chi connectivity index (χ4n) is 7.80. The van der Waals surface area contributed by atoms with Crippen LogP contribution in [-0.4, -0.2) is 165 Å². The van der Waals surface area contributed by atoms with Crippen LogP contribution in [-0.2, 0) is 47.9 Å². The van der Waals surface area contributed by atoms with E-state index in [4.69, 9.17) is 0 Å². The first-order valence-corrected chi connectivity index (χ1v) is 23.2. The highest BCUT2D eigenvalue weighted by atomic mass is 32.2. The summed E-state index contributed by atoms with van der Waals surface area (Å²) in [6, 6.07) is -9.42. The van der Waals surface area contributed by atoms with Gasteiger partial charge in [-0.3, -0.25) is 43.2 Å². The molecule has 0 aromatic carbocycles. The average molecular weight is 910 g/mol. The molecule has 0 radical (unpaired) electrons. The van der Waals surface area contributed by atoms with Crippen molar-refractivity contribution in [1.82, 2.24) is 47.0 Å². The number of carbonyl (C=O) groups excluding carboxylic acids is 8. The Balaban J connectivity index is 1.70. The van der Waals surface area contributed by atoms with Gasteiger partial charge in [0, 0.05) is 19.5 Å². The van der Waals surface area contributed by atoms with Crippen molar-refractivity contribution < 1.29 is 58.2 Å². The number of aliphatic carboxylic acids is 2. The first-order valence-electron chi connectivity index (χ1n) is 21.8. The van der Waals surface area contributed by atoms with Gasteiger partial charge in [0.2, 0.25) is 47.3 Å². The van der Waals surface area contributed by atoms with E-state index in [1.165, 1.54) is 35.4 Å². The van der Waals surface area contributed by atoms with Crippen molar-refractivity contribution in [2.24, 2.45) is 11.8 Å². The van der Waals surface area contributed by atoms with Gasteiger partial charge >= 0.3 is 11.9 Å². The van der Waals surface area contributed by atoms with Gasteiger partial charge in [0.15, 0.2) is 0 Å². The number of carboxylic acid groups (broad SMARTS) is 2. The minimum absolute atomic E-state index is 0.0973. The summed E-state index contributed by atoms with van der Waals surface area (Å²) in [5, 5.41) is 37.7. The van der Waals surface area contributed by atoms with E-state index in [-0.39, 0.29) is 44.7 Å². The lowest BCUT2D eigenvalue weighted by atomic mass is 10.0. The first kappa shape index (κ1) is 52.4. The van der Waals surface area contributed by atoms with Crippen LogP contribution in [0.2, 0.25) is 0 Å². The van der Waals surface area contributed by atoms with Crippen molar-refractivity contribution in [3.05, 3.63) is 0 Å². The minimum Gasteiger partial charge on any atom is -0.481 e. The Morgan fingerprint density at radius 2 is 1.16 bits per heavy atom. The second kappa shape index (κ2) is 24.7. The molecule has 3 aliphatic rings. The molecule has 354 valence electrons. The van der Waals surface area contributed by atoms with Crippen molar-refractivity contribution in [2.45, 2.75) is 154 Å². The van der Waals surface area contributed by atoms with Crippen LogP contribution in [0.25, 0.3) is 0 Å². The largest absolute Gasteiger partial charge is 0.481 e. The normalized spacial score (nSPS) is 21.4. The molecule has 3 heterocycles. The molecule has 8 amide bonds. The number of carboxylic acids is 2. The highest BCUT2D eigenvalue weighted by Crippen LogP contribution is 2.24. The molecule has 9 N–H and O–H groups in total. The lowest BCUT2D eigenvalue weighted by molar-refractivity contribution is -0.146. The molecular weight excluding hydrogens is 843 g/mol. The first-order chi connectivity index (χ1) is 29.7. The van der Waals surface area contributed by atoms with Crippen LogP contribution in [0.1, 0.15) is 99.3 Å². The van der Waals surface area contributed by atoms with Crippen LogP contribution in [0, 0.1) is 11.8 Å². The second-order valence-corrected chi connectivity index (χ2v) is 18.1. The van der Waals surface area contributed by atoms with Crippen LogP contribution in [0.4, 0.5) is 0 Å². The summed E-state index contributed by atoms with van der Waals surface area (Å²) in [5.74, 6) is -7.85. The maximum absolute atomic E-state index is 14.2. The third-order valence-corrected chi connectivity index (χ3v) is 12.2. The van der Waals surface area contributed by atoms with Crippen molar-refractivity contribution in [3.8, 4) is 0 Å². The molecule has 3 rings (SSSR count). The quantitative estimate of drug-likeness (QED) is 0.0575. The maximum atomic E-state index is 14.2. The fraction of sp³-hybridized carbons (Fsp3) is 0.756. The monoisotopic (exact) mass is 909 g/mol. The van der Waals surface area contributed by atoms with E-state index in [1.807, 2.05) is 6.26 Å². The molecule has 0 saturated carbocycles. The number of likely N-dealkylation sites (tertiary alicyclic amines) is 2. The third kappa shape index (κ3) is 15.1. The smallest absolute Gasteiger partial charge is 0.326 e. The SMILES string of the molecule is CSCC[C@H](NC(=O)[C@@H]1CCCN1C(=O)[C@@H](NC(=O)[C@@H]1CCCN1C(=O)[C@H](CCC(=O)O)NC(=O)[C@H](C)NC(=O)[C@H](C)NC(=O)[C@@H]1CCCN1)C(C)C)C(=O)N[C@H](C(=O)O)C(C)C. The predicted octanol–water partition coefficient (Wildman–Crippen LogP) is -1.32. The highest BCUT2D eigenvalue weighted by Gasteiger charge is 2.43. The molecule has 3 saturated heterocycles. The molecule has 22 heteroatoms. The van der Waals surface area contributed by atoms with E-state index in [0.29, 0.717) is 31.6 Å². The number of hydrogen-bond acceptors (Lipinski definition) is 12. The maximum Gasteiger partial charge on any atom is 0.326 e. The number of carbonyl (C=O) groups is 10. The van der Waals surface area contributed by atoms with Crippen molar-refractivity contribution in [3.63, 3.8) is 0 Å². The molecule has 9 atom stereocenters. The summed E-state index contributed by atoms with van der Waals surface area (Å²) in [4.78, 5) is 134. The van der Waals surface area contributed by atoms with Crippen molar-refractivity contribution in [1.29, 1.82) is 0 Å².